The molecular weight excluding hydrogens is 1130 g/mol. The van der Waals surface area contributed by atoms with Crippen molar-refractivity contribution < 1.29 is 67.2 Å². The zero-order chi connectivity index (χ0) is 57.2. The van der Waals surface area contributed by atoms with Crippen LogP contribution in [0.3, 0.4) is 0 Å². The predicted octanol–water partition coefficient (Wildman–Crippen LogP) is 8.12. The number of rotatable bonds is 24. The van der Waals surface area contributed by atoms with E-state index in [4.69, 9.17) is 37.2 Å². The van der Waals surface area contributed by atoms with Crippen LogP contribution in [0.2, 0.25) is 0 Å². The van der Waals surface area contributed by atoms with E-state index < -0.39 is 49.5 Å². The van der Waals surface area contributed by atoms with Gasteiger partial charge in [0.1, 0.15) is 24.1 Å². The van der Waals surface area contributed by atoms with Crippen molar-refractivity contribution in [2.24, 2.45) is 10.8 Å². The van der Waals surface area contributed by atoms with Crippen molar-refractivity contribution in [2.75, 3.05) is 80.7 Å². The number of carboxylic acid groups (broad SMARTS) is 1. The average Bonchev–Trinajstić information content (AvgIpc) is 4.22. The first-order valence-corrected chi connectivity index (χ1v) is 30.8. The summed E-state index contributed by atoms with van der Waals surface area (Å²) in [6, 6.07) is 17.1. The molecule has 0 aromatic heterocycles. The molecule has 25 heteroatoms. The van der Waals surface area contributed by atoms with E-state index in [-0.39, 0.29) is 102 Å². The summed E-state index contributed by atoms with van der Waals surface area (Å²) in [5, 5.41) is 14.9. The van der Waals surface area contributed by atoms with Gasteiger partial charge in [0.25, 0.3) is 11.8 Å². The molecule has 3 aliphatic carbocycles. The highest BCUT2D eigenvalue weighted by molar-refractivity contribution is 8.77. The van der Waals surface area contributed by atoms with Crippen LogP contribution in [-0.2, 0) is 33.5 Å². The van der Waals surface area contributed by atoms with E-state index in [9.17, 15) is 53.2 Å². The van der Waals surface area contributed by atoms with Crippen LogP contribution in [0.5, 0.6) is 11.5 Å². The van der Waals surface area contributed by atoms with E-state index in [2.05, 4.69) is 5.32 Å². The molecule has 80 heavy (non-hydrogen) atoms. The fraction of sp³-hybridized carbons (Fsp3) is 0.455. The normalized spacial score (nSPS) is 21.2. The number of carboxylic acids is 1. The van der Waals surface area contributed by atoms with Gasteiger partial charge in [0.05, 0.1) is 22.2 Å². The summed E-state index contributed by atoms with van der Waals surface area (Å²) in [5.74, 6) is -1.98. The number of halogens is 2. The number of carbonyl (C=O) groups is 8. The smallest absolute Gasteiger partial charge is 0.415 e. The van der Waals surface area contributed by atoms with Gasteiger partial charge in [-0.15, -0.1) is 23.2 Å². The third-order valence-electron chi connectivity index (χ3n) is 15.6. The van der Waals surface area contributed by atoms with Crippen molar-refractivity contribution in [1.29, 1.82) is 0 Å². The Morgan fingerprint density at radius 3 is 1.80 bits per heavy atom. The first-order valence-electron chi connectivity index (χ1n) is 26.2. The largest absolute Gasteiger partial charge is 0.480 e. The van der Waals surface area contributed by atoms with Crippen molar-refractivity contribution >= 4 is 134 Å². The Hall–Kier alpha value is -5.87. The standard InChI is InChI=1S/C55H61Cl2N6O14PS2/c1-32(80-79-28-39(49(67)68)58-44(64)15-5-4-10-18-61-45(65)16-17-46(61)66)27-75-52(71)59(2)19-20-60(3)53(72)76-42-21-40-47(37-13-8-6-11-35(37)42)33(23-56)25-62(40)50(69)54-29-55(30-54,31-54)51(70)63-26-34(24-57)48-38-14-9-7-12-36(38)43(22-41(48)63)77-78(73)74/h6-9,11-14,16-17,21-22,32-34,39,73-74H,4-5,10,15,18-20,23-31H2,1-3H3,(H,58,64)(H,67,68)/t32-,33-,34-,39+,54?,55?/m1/s1. The number of nitrogens with zero attached hydrogens (tertiary/aromatic N) is 5. The van der Waals surface area contributed by atoms with E-state index >= 15 is 0 Å². The molecule has 4 N–H and O–H groups in total. The van der Waals surface area contributed by atoms with Crippen molar-refractivity contribution in [3.63, 3.8) is 0 Å². The molecule has 0 saturated heterocycles. The maximum absolute atomic E-state index is 14.8. The third kappa shape index (κ3) is 11.9. The van der Waals surface area contributed by atoms with Crippen LogP contribution in [0.1, 0.15) is 74.8 Å². The van der Waals surface area contributed by atoms with Crippen molar-refractivity contribution in [3.05, 3.63) is 83.9 Å². The number of unbranched alkanes of at least 4 members (excludes halogenated alkanes) is 2. The number of ether oxygens (including phenoxy) is 2. The molecule has 3 fully saturated rings. The van der Waals surface area contributed by atoms with Gasteiger partial charge in [-0.05, 0) is 60.9 Å². The summed E-state index contributed by atoms with van der Waals surface area (Å²) >= 11 is 13.1. The van der Waals surface area contributed by atoms with Gasteiger partial charge >= 0.3 is 26.8 Å². The molecule has 6 aliphatic rings. The lowest BCUT2D eigenvalue weighted by atomic mass is 9.34. The second-order valence-corrected chi connectivity index (χ2v) is 25.2. The number of hydrogen-bond donors (Lipinski definition) is 4. The topological polar surface area (TPSA) is 253 Å². The molecule has 3 aliphatic heterocycles. The van der Waals surface area contributed by atoms with Crippen LogP contribution in [-0.4, -0.2) is 160 Å². The molecule has 4 atom stereocenters. The zero-order valence-corrected chi connectivity index (χ0v) is 48.2. The van der Waals surface area contributed by atoms with Crippen LogP contribution in [0.4, 0.5) is 21.0 Å². The highest BCUT2D eigenvalue weighted by Crippen LogP contribution is 2.75. The predicted molar refractivity (Wildman–Crippen MR) is 306 cm³/mol. The minimum absolute atomic E-state index is 0.00107. The summed E-state index contributed by atoms with van der Waals surface area (Å²) in [5.41, 5.74) is 1.38. The van der Waals surface area contributed by atoms with E-state index in [1.165, 1.54) is 57.6 Å². The van der Waals surface area contributed by atoms with Gasteiger partial charge in [0, 0.05) is 123 Å². The van der Waals surface area contributed by atoms with Gasteiger partial charge in [0.2, 0.25) is 17.7 Å². The summed E-state index contributed by atoms with van der Waals surface area (Å²) < 4.78 is 17.0. The Kier molecular flexibility index (Phi) is 18.1. The quantitative estimate of drug-likeness (QED) is 0.0170. The minimum atomic E-state index is -2.73. The zero-order valence-electron chi connectivity index (χ0n) is 44.1. The number of fused-ring (bicyclic) bond motifs is 6. The fourth-order valence-electron chi connectivity index (χ4n) is 11.6. The lowest BCUT2D eigenvalue weighted by Crippen LogP contribution is -2.73. The highest BCUT2D eigenvalue weighted by Gasteiger charge is 2.76. The van der Waals surface area contributed by atoms with E-state index in [0.717, 1.165) is 26.8 Å². The Labute approximate surface area is 480 Å². The molecule has 426 valence electrons. The number of alkyl halides is 2. The molecule has 10 rings (SSSR count). The lowest BCUT2D eigenvalue weighted by Gasteiger charge is -2.69. The molecule has 3 saturated carbocycles. The van der Waals surface area contributed by atoms with Gasteiger partial charge in [-0.3, -0.25) is 28.9 Å². The minimum Gasteiger partial charge on any atom is -0.480 e. The number of anilines is 2. The Morgan fingerprint density at radius 2 is 1.27 bits per heavy atom. The molecule has 0 spiro atoms. The van der Waals surface area contributed by atoms with Crippen LogP contribution in [0.15, 0.2) is 72.8 Å². The summed E-state index contributed by atoms with van der Waals surface area (Å²) in [4.78, 5) is 131. The van der Waals surface area contributed by atoms with Crippen molar-refractivity contribution in [1.82, 2.24) is 20.0 Å². The van der Waals surface area contributed by atoms with Crippen molar-refractivity contribution in [3.8, 4) is 11.5 Å². The second kappa shape index (κ2) is 24.7. The number of benzene rings is 4. The van der Waals surface area contributed by atoms with E-state index in [1.807, 2.05) is 48.5 Å². The molecule has 4 aromatic carbocycles. The monoisotopic (exact) mass is 1190 g/mol. The Bertz CT molecular complexity index is 3130. The summed E-state index contributed by atoms with van der Waals surface area (Å²) in [6.45, 7) is 2.85. The van der Waals surface area contributed by atoms with Gasteiger partial charge in [-0.1, -0.05) is 76.5 Å². The van der Waals surface area contributed by atoms with Gasteiger partial charge in [-0.2, -0.15) is 0 Å². The molecule has 2 bridgehead atoms. The number of aliphatic carboxylic acids is 1. The van der Waals surface area contributed by atoms with Gasteiger partial charge in [0.15, 0.2) is 0 Å². The highest BCUT2D eigenvalue weighted by atomic mass is 35.5. The first kappa shape index (κ1) is 58.8. The van der Waals surface area contributed by atoms with Crippen molar-refractivity contribution in [2.45, 2.75) is 75.0 Å². The molecular formula is C55H61Cl2N6O14PS2. The molecule has 7 amide bonds. The second-order valence-electron chi connectivity index (χ2n) is 21.1. The van der Waals surface area contributed by atoms with Gasteiger partial charge in [-0.25, -0.2) is 14.4 Å². The Morgan fingerprint density at radius 1 is 0.762 bits per heavy atom. The van der Waals surface area contributed by atoms with E-state index in [1.54, 1.807) is 28.9 Å². The molecule has 3 heterocycles. The third-order valence-corrected chi connectivity index (χ3v) is 19.5. The molecule has 0 unspecified atom stereocenters. The molecule has 20 nitrogen and oxygen atoms in total. The molecule has 4 aromatic rings. The van der Waals surface area contributed by atoms with Crippen LogP contribution in [0.25, 0.3) is 21.5 Å². The fourth-order valence-corrected chi connectivity index (χ4v) is 14.7. The average molecular weight is 1200 g/mol. The number of hydrogen-bond acceptors (Lipinski definition) is 15. The maximum atomic E-state index is 14.8. The number of nitrogens with one attached hydrogen (secondary N) is 1. The lowest BCUT2D eigenvalue weighted by molar-refractivity contribution is -0.205. The maximum Gasteiger partial charge on any atom is 0.415 e. The number of carbonyl (C=O) groups excluding carboxylic acids is 7. The number of imide groups is 1. The first-order chi connectivity index (χ1) is 38.3. The van der Waals surface area contributed by atoms with Crippen LogP contribution in [0, 0.1) is 10.8 Å². The summed E-state index contributed by atoms with van der Waals surface area (Å²) in [6.07, 6.45) is 3.76. The summed E-state index contributed by atoms with van der Waals surface area (Å²) in [7, 11) is 2.84. The van der Waals surface area contributed by atoms with Crippen LogP contribution < -0.4 is 24.4 Å². The Balaban J connectivity index is 0.756. The molecule has 0 radical (unpaired) electrons. The van der Waals surface area contributed by atoms with Crippen LogP contribution >= 0.6 is 53.4 Å². The number of amides is 7. The SMILES string of the molecule is C[C@H](COC(=O)N(C)CCN(C)C(=O)Oc1cc2c(c3ccccc13)[C@H](CCl)CN2C(=O)C12CC(C(=O)N3C[C@@H](CCl)c4c3cc(OP(O)O)c3ccccc43)(C1)C2)SSC[C@H](NC(=O)CCCCCN1C(=O)C=CC1=O)C(=O)O. The van der Waals surface area contributed by atoms with Gasteiger partial charge < -0.3 is 53.8 Å². The van der Waals surface area contributed by atoms with E-state index in [0.29, 0.717) is 73.8 Å². The number of likely N-dealkylation sites (N-methyl/N-ethyl adjacent to an activating group) is 2.